The van der Waals surface area contributed by atoms with Crippen LogP contribution in [0.25, 0.3) is 0 Å². The molecule has 0 saturated carbocycles. The van der Waals surface area contributed by atoms with Crippen molar-refractivity contribution in [2.24, 2.45) is 5.41 Å². The van der Waals surface area contributed by atoms with E-state index < -0.39 is 11.4 Å². The predicted octanol–water partition coefficient (Wildman–Crippen LogP) is 1.01. The van der Waals surface area contributed by atoms with Gasteiger partial charge in [-0.1, -0.05) is 6.07 Å². The zero-order valence-electron chi connectivity index (χ0n) is 10.8. The Hall–Kier alpha value is -1.91. The fourth-order valence-corrected chi connectivity index (χ4v) is 1.37. The van der Waals surface area contributed by atoms with Gasteiger partial charge < -0.3 is 9.30 Å². The van der Waals surface area contributed by atoms with Gasteiger partial charge in [0.2, 0.25) is 0 Å². The van der Waals surface area contributed by atoms with Gasteiger partial charge in [0.1, 0.15) is 5.41 Å². The molecule has 0 aromatic carbocycles. The van der Waals surface area contributed by atoms with E-state index in [9.17, 15) is 14.4 Å². The Morgan fingerprint density at radius 3 is 2.56 bits per heavy atom. The molecule has 1 heterocycles. The zero-order chi connectivity index (χ0) is 13.8. The molecule has 5 heteroatoms. The van der Waals surface area contributed by atoms with E-state index in [0.717, 1.165) is 0 Å². The van der Waals surface area contributed by atoms with Crippen LogP contribution in [-0.2, 0) is 20.9 Å². The lowest BCUT2D eigenvalue weighted by molar-refractivity contribution is -0.158. The molecule has 0 radical (unpaired) electrons. The maximum atomic E-state index is 12.0. The molecule has 0 aliphatic heterocycles. The molecular weight excluding hydrogens is 234 g/mol. The number of aromatic nitrogens is 1. The first-order chi connectivity index (χ1) is 8.39. The highest BCUT2D eigenvalue weighted by Gasteiger charge is 2.37. The van der Waals surface area contributed by atoms with Crippen LogP contribution in [0, 0.1) is 5.41 Å². The van der Waals surface area contributed by atoms with Gasteiger partial charge in [-0.2, -0.15) is 0 Å². The number of esters is 1. The lowest BCUT2D eigenvalue weighted by atomic mass is 9.88. The molecule has 18 heavy (non-hydrogen) atoms. The molecule has 1 rings (SSSR count). The lowest BCUT2D eigenvalue weighted by Crippen LogP contribution is -2.39. The van der Waals surface area contributed by atoms with Crippen molar-refractivity contribution >= 4 is 11.8 Å². The van der Waals surface area contributed by atoms with Crippen molar-refractivity contribution in [3.63, 3.8) is 0 Å². The second-order valence-electron chi connectivity index (χ2n) is 4.44. The second kappa shape index (κ2) is 5.62. The number of hydrogen-bond donors (Lipinski definition) is 0. The summed E-state index contributed by atoms with van der Waals surface area (Å²) >= 11 is 0. The van der Waals surface area contributed by atoms with Crippen LogP contribution in [0.3, 0.4) is 0 Å². The first kappa shape index (κ1) is 14.2. The maximum absolute atomic E-state index is 12.0. The van der Waals surface area contributed by atoms with Crippen molar-refractivity contribution in [1.82, 2.24) is 4.57 Å². The molecule has 98 valence electrons. The van der Waals surface area contributed by atoms with Gasteiger partial charge in [-0.25, -0.2) is 0 Å². The molecule has 0 aliphatic rings. The summed E-state index contributed by atoms with van der Waals surface area (Å²) in [6, 6.07) is 4.62. The van der Waals surface area contributed by atoms with Crippen LogP contribution in [0.1, 0.15) is 20.8 Å². The molecule has 0 bridgehead atoms. The van der Waals surface area contributed by atoms with Crippen LogP contribution in [0.4, 0.5) is 0 Å². The number of hydrogen-bond acceptors (Lipinski definition) is 4. The number of carbonyl (C=O) groups is 2. The van der Waals surface area contributed by atoms with Crippen LogP contribution in [0.5, 0.6) is 0 Å². The van der Waals surface area contributed by atoms with Gasteiger partial charge in [-0.15, -0.1) is 0 Å². The SMILES string of the molecule is CCOC(=O)C(C)(C)C(=O)Cn1ccccc1=O. The first-order valence-corrected chi connectivity index (χ1v) is 5.75. The van der Waals surface area contributed by atoms with E-state index in [0.29, 0.717) is 0 Å². The minimum atomic E-state index is -1.24. The van der Waals surface area contributed by atoms with Crippen LogP contribution < -0.4 is 5.56 Å². The third-order valence-corrected chi connectivity index (χ3v) is 2.70. The Balaban J connectivity index is 2.86. The van der Waals surface area contributed by atoms with Gasteiger partial charge >= 0.3 is 5.97 Å². The van der Waals surface area contributed by atoms with Gasteiger partial charge in [-0.3, -0.25) is 14.4 Å². The monoisotopic (exact) mass is 251 g/mol. The summed E-state index contributed by atoms with van der Waals surface area (Å²) in [4.78, 5) is 35.2. The van der Waals surface area contributed by atoms with Gasteiger partial charge in [0, 0.05) is 12.3 Å². The van der Waals surface area contributed by atoms with Gasteiger partial charge in [0.05, 0.1) is 13.2 Å². The quantitative estimate of drug-likeness (QED) is 0.578. The van der Waals surface area contributed by atoms with E-state index in [1.165, 1.54) is 30.7 Å². The molecule has 1 aromatic heterocycles. The number of nitrogens with zero attached hydrogens (tertiary/aromatic N) is 1. The molecule has 0 amide bonds. The molecule has 0 spiro atoms. The zero-order valence-corrected chi connectivity index (χ0v) is 10.8. The van der Waals surface area contributed by atoms with Crippen molar-refractivity contribution in [3.05, 3.63) is 34.7 Å². The van der Waals surface area contributed by atoms with E-state index in [1.807, 2.05) is 0 Å². The molecule has 0 N–H and O–H groups in total. The van der Waals surface area contributed by atoms with E-state index >= 15 is 0 Å². The highest BCUT2D eigenvalue weighted by Crippen LogP contribution is 2.19. The van der Waals surface area contributed by atoms with E-state index in [1.54, 1.807) is 19.1 Å². The van der Waals surface area contributed by atoms with Crippen molar-refractivity contribution in [1.29, 1.82) is 0 Å². The Kier molecular flexibility index (Phi) is 4.42. The van der Waals surface area contributed by atoms with Crippen molar-refractivity contribution in [3.8, 4) is 0 Å². The average molecular weight is 251 g/mol. The summed E-state index contributed by atoms with van der Waals surface area (Å²) in [5, 5.41) is 0. The average Bonchev–Trinajstić information content (AvgIpc) is 2.32. The summed E-state index contributed by atoms with van der Waals surface area (Å²) in [6.07, 6.45) is 1.52. The molecule has 1 aromatic rings. The van der Waals surface area contributed by atoms with E-state index in [-0.39, 0.29) is 24.5 Å². The third kappa shape index (κ3) is 3.06. The minimum absolute atomic E-state index is 0.133. The van der Waals surface area contributed by atoms with E-state index in [4.69, 9.17) is 4.74 Å². The molecule has 0 saturated heterocycles. The Morgan fingerprint density at radius 2 is 2.00 bits per heavy atom. The molecule has 0 aliphatic carbocycles. The summed E-state index contributed by atoms with van der Waals surface area (Å²) in [5.74, 6) is -0.923. The Bertz CT molecular complexity index is 502. The largest absolute Gasteiger partial charge is 0.465 e. The van der Waals surface area contributed by atoms with E-state index in [2.05, 4.69) is 0 Å². The van der Waals surface area contributed by atoms with Crippen LogP contribution in [0.15, 0.2) is 29.2 Å². The number of ether oxygens (including phenoxy) is 1. The molecule has 5 nitrogen and oxygen atoms in total. The van der Waals surface area contributed by atoms with Gasteiger partial charge in [0.15, 0.2) is 5.78 Å². The summed E-state index contributed by atoms with van der Waals surface area (Å²) in [5.41, 5.74) is -1.52. The number of ketones is 1. The topological polar surface area (TPSA) is 65.4 Å². The normalized spacial score (nSPS) is 11.1. The fourth-order valence-electron chi connectivity index (χ4n) is 1.37. The standard InChI is InChI=1S/C13H17NO4/c1-4-18-12(17)13(2,3)10(15)9-14-8-6-5-7-11(14)16/h5-8H,4,9H2,1-3H3. The minimum Gasteiger partial charge on any atom is -0.465 e. The fraction of sp³-hybridized carbons (Fsp3) is 0.462. The number of rotatable bonds is 5. The molecule has 0 fully saturated rings. The highest BCUT2D eigenvalue weighted by atomic mass is 16.5. The number of pyridine rings is 1. The van der Waals surface area contributed by atoms with Gasteiger partial charge in [0.25, 0.3) is 5.56 Å². The molecule has 0 unspecified atom stereocenters. The van der Waals surface area contributed by atoms with Crippen LogP contribution in [-0.4, -0.2) is 22.9 Å². The molecule has 0 atom stereocenters. The smallest absolute Gasteiger partial charge is 0.319 e. The molecular formula is C13H17NO4. The third-order valence-electron chi connectivity index (χ3n) is 2.70. The van der Waals surface area contributed by atoms with Crippen molar-refractivity contribution < 1.29 is 14.3 Å². The second-order valence-corrected chi connectivity index (χ2v) is 4.44. The number of Topliss-reactive ketones (excluding diaryl/α,β-unsaturated/α-hetero) is 1. The summed E-state index contributed by atoms with van der Waals surface area (Å²) in [7, 11) is 0. The van der Waals surface area contributed by atoms with Crippen LogP contribution in [0.2, 0.25) is 0 Å². The van der Waals surface area contributed by atoms with Gasteiger partial charge in [-0.05, 0) is 26.8 Å². The lowest BCUT2D eigenvalue weighted by Gasteiger charge is -2.21. The van der Waals surface area contributed by atoms with Crippen LogP contribution >= 0.6 is 0 Å². The van der Waals surface area contributed by atoms with Crippen molar-refractivity contribution in [2.75, 3.05) is 6.61 Å². The summed E-state index contributed by atoms with van der Waals surface area (Å²) < 4.78 is 6.12. The summed E-state index contributed by atoms with van der Waals surface area (Å²) in [6.45, 7) is 4.77. The van der Waals surface area contributed by atoms with Crippen molar-refractivity contribution in [2.45, 2.75) is 27.3 Å². The number of carbonyl (C=O) groups excluding carboxylic acids is 2. The Labute approximate surface area is 105 Å². The maximum Gasteiger partial charge on any atom is 0.319 e. The highest BCUT2D eigenvalue weighted by molar-refractivity contribution is 6.02. The Morgan fingerprint density at radius 1 is 1.33 bits per heavy atom. The first-order valence-electron chi connectivity index (χ1n) is 5.75. The predicted molar refractivity (Wildman–Crippen MR) is 66.1 cm³/mol.